The fourth-order valence-electron chi connectivity index (χ4n) is 6.92. The lowest BCUT2D eigenvalue weighted by Crippen LogP contribution is -2.29. The Morgan fingerprint density at radius 3 is 1.09 bits per heavy atom. The summed E-state index contributed by atoms with van der Waals surface area (Å²) in [5.41, 5.74) is 9.59. The summed E-state index contributed by atoms with van der Waals surface area (Å²) in [4.78, 5) is 27.8. The predicted molar refractivity (Wildman–Crippen MR) is 274 cm³/mol. The van der Waals surface area contributed by atoms with Crippen molar-refractivity contribution in [2.24, 2.45) is 0 Å². The standard InChI is InChI=1S/C27H18BrN3.C21H14ClN3.C6H6BBrO2/c28-22-15-9-14-21(18-22)26-29-25(20-12-5-2-6-13-20)30-27(31-26)24-17-8-7-16-23(24)19-10-3-1-4-11-19;22-21-24-19(16-11-5-2-6-12-16)23-20(25-21)18-14-8-7-13-17(18)15-9-3-1-4-10-15;8-6-3-1-2-5(4-6)7(9)10/h1-18H;1-14H;1-4,9-10H. The van der Waals surface area contributed by atoms with Crippen LogP contribution in [0.25, 0.3) is 79.2 Å². The monoisotopic (exact) mass is 1010 g/mol. The second-order valence-electron chi connectivity index (χ2n) is 14.6. The highest BCUT2D eigenvalue weighted by atomic mass is 79.9. The van der Waals surface area contributed by atoms with Gasteiger partial charge in [0.05, 0.1) is 0 Å². The van der Waals surface area contributed by atoms with Crippen molar-refractivity contribution in [3.05, 3.63) is 233 Å². The molecular weight excluding hydrogens is 971 g/mol. The molecule has 0 aliphatic heterocycles. The second kappa shape index (κ2) is 22.3. The van der Waals surface area contributed by atoms with Gasteiger partial charge >= 0.3 is 7.12 Å². The van der Waals surface area contributed by atoms with Crippen LogP contribution in [0, 0.1) is 0 Å². The maximum atomic E-state index is 8.68. The molecule has 0 amide bonds. The molecule has 2 N–H and O–H groups in total. The van der Waals surface area contributed by atoms with Crippen molar-refractivity contribution in [1.82, 2.24) is 29.9 Å². The Kier molecular flexibility index (Phi) is 15.4. The molecule has 66 heavy (non-hydrogen) atoms. The van der Waals surface area contributed by atoms with Gasteiger partial charge in [0.25, 0.3) is 0 Å². The first-order chi connectivity index (χ1) is 32.3. The summed E-state index contributed by atoms with van der Waals surface area (Å²) in [5, 5.41) is 17.6. The van der Waals surface area contributed by atoms with Crippen LogP contribution in [-0.2, 0) is 0 Å². The molecule has 0 atom stereocenters. The first-order valence-electron chi connectivity index (χ1n) is 20.7. The molecule has 0 unspecified atom stereocenters. The van der Waals surface area contributed by atoms with E-state index >= 15 is 0 Å². The zero-order chi connectivity index (χ0) is 45.7. The maximum absolute atomic E-state index is 8.68. The van der Waals surface area contributed by atoms with Crippen molar-refractivity contribution < 1.29 is 10.0 Å². The number of nitrogens with zero attached hydrogens (tertiary/aromatic N) is 6. The van der Waals surface area contributed by atoms with Crippen molar-refractivity contribution in [3.63, 3.8) is 0 Å². The van der Waals surface area contributed by atoms with E-state index in [-0.39, 0.29) is 5.28 Å². The number of benzene rings is 8. The van der Waals surface area contributed by atoms with Gasteiger partial charge in [0.15, 0.2) is 29.1 Å². The van der Waals surface area contributed by atoms with E-state index in [9.17, 15) is 0 Å². The van der Waals surface area contributed by atoms with Crippen LogP contribution in [-0.4, -0.2) is 47.1 Å². The van der Waals surface area contributed by atoms with E-state index in [2.05, 4.69) is 89.3 Å². The zero-order valence-corrected chi connectivity index (χ0v) is 39.0. The van der Waals surface area contributed by atoms with Crippen LogP contribution in [0.1, 0.15) is 0 Å². The first kappa shape index (κ1) is 45.6. The molecule has 0 aliphatic rings. The lowest BCUT2D eigenvalue weighted by molar-refractivity contribution is 0.425. The number of hydrogen-bond acceptors (Lipinski definition) is 8. The summed E-state index contributed by atoms with van der Waals surface area (Å²) in [5.74, 6) is 3.09. The average molecular weight is 1010 g/mol. The third kappa shape index (κ3) is 11.8. The smallest absolute Gasteiger partial charge is 0.423 e. The lowest BCUT2D eigenvalue weighted by Gasteiger charge is -2.12. The van der Waals surface area contributed by atoms with Crippen LogP contribution >= 0.6 is 43.5 Å². The Labute approximate surface area is 405 Å². The molecule has 8 aromatic carbocycles. The third-order valence-electron chi connectivity index (χ3n) is 10.0. The van der Waals surface area contributed by atoms with Crippen molar-refractivity contribution in [3.8, 4) is 79.2 Å². The summed E-state index contributed by atoms with van der Waals surface area (Å²) < 4.78 is 1.83. The van der Waals surface area contributed by atoms with Gasteiger partial charge < -0.3 is 10.0 Å². The Morgan fingerprint density at radius 1 is 0.318 bits per heavy atom. The predicted octanol–water partition coefficient (Wildman–Crippen LogP) is 13.0. The van der Waals surface area contributed by atoms with E-state index in [0.29, 0.717) is 34.6 Å². The average Bonchev–Trinajstić information content (AvgIpc) is 3.37. The van der Waals surface area contributed by atoms with Crippen LogP contribution in [0.5, 0.6) is 0 Å². The normalized spacial score (nSPS) is 10.5. The van der Waals surface area contributed by atoms with Crippen LogP contribution in [0.2, 0.25) is 5.28 Å². The molecule has 0 spiro atoms. The van der Waals surface area contributed by atoms with Gasteiger partial charge in [-0.05, 0) is 63.6 Å². The topological polar surface area (TPSA) is 118 Å². The number of rotatable bonds is 8. The van der Waals surface area contributed by atoms with Crippen molar-refractivity contribution in [2.45, 2.75) is 0 Å². The van der Waals surface area contributed by atoms with Gasteiger partial charge in [-0.2, -0.15) is 9.97 Å². The van der Waals surface area contributed by atoms with Crippen LogP contribution < -0.4 is 5.46 Å². The molecule has 12 heteroatoms. The fraction of sp³-hybridized carbons (Fsp3) is 0. The van der Waals surface area contributed by atoms with Crippen LogP contribution in [0.3, 0.4) is 0 Å². The lowest BCUT2D eigenvalue weighted by atomic mass is 9.81. The van der Waals surface area contributed by atoms with E-state index < -0.39 is 7.12 Å². The second-order valence-corrected chi connectivity index (χ2v) is 16.7. The van der Waals surface area contributed by atoms with Crippen LogP contribution in [0.15, 0.2) is 227 Å². The highest BCUT2D eigenvalue weighted by molar-refractivity contribution is 9.10. The van der Waals surface area contributed by atoms with Crippen molar-refractivity contribution >= 4 is 56.0 Å². The molecule has 2 heterocycles. The van der Waals surface area contributed by atoms with E-state index in [1.807, 2.05) is 158 Å². The summed E-state index contributed by atoms with van der Waals surface area (Å²) >= 11 is 13.0. The summed E-state index contributed by atoms with van der Waals surface area (Å²) in [7, 11) is -1.38. The Balaban J connectivity index is 0.000000151. The molecule has 0 radical (unpaired) electrons. The zero-order valence-electron chi connectivity index (χ0n) is 35.1. The Bertz CT molecular complexity index is 3170. The summed E-state index contributed by atoms with van der Waals surface area (Å²) in [6.45, 7) is 0. The minimum absolute atomic E-state index is 0.187. The van der Waals surface area contributed by atoms with E-state index in [1.54, 1.807) is 18.2 Å². The quantitative estimate of drug-likeness (QED) is 0.145. The molecule has 8 nitrogen and oxygen atoms in total. The molecule has 320 valence electrons. The SMILES string of the molecule is Brc1cccc(-c2nc(-c3ccccc3)nc(-c3ccccc3-c3ccccc3)n2)c1.Clc1nc(-c2ccccc2)nc(-c2ccccc2-c2ccccc2)n1.OB(O)c1cccc(Br)c1. The molecule has 0 fully saturated rings. The molecule has 0 aliphatic carbocycles. The number of hydrogen-bond donors (Lipinski definition) is 2. The van der Waals surface area contributed by atoms with E-state index in [1.165, 1.54) is 0 Å². The minimum atomic E-state index is -1.38. The van der Waals surface area contributed by atoms with E-state index in [0.717, 1.165) is 59.0 Å². The van der Waals surface area contributed by atoms with Gasteiger partial charge in [0.2, 0.25) is 5.28 Å². The minimum Gasteiger partial charge on any atom is -0.423 e. The molecular formula is C54H38BBr2ClN6O2. The van der Waals surface area contributed by atoms with Crippen LogP contribution in [0.4, 0.5) is 0 Å². The molecule has 0 bridgehead atoms. The Morgan fingerprint density at radius 2 is 0.652 bits per heavy atom. The van der Waals surface area contributed by atoms with Gasteiger partial charge in [0.1, 0.15) is 0 Å². The number of halogens is 3. The number of aromatic nitrogens is 6. The van der Waals surface area contributed by atoms with Gasteiger partial charge in [-0.15, -0.1) is 0 Å². The highest BCUT2D eigenvalue weighted by Crippen LogP contribution is 2.34. The Hall–Kier alpha value is -6.99. The molecule has 0 saturated heterocycles. The third-order valence-corrected chi connectivity index (χ3v) is 11.2. The summed E-state index contributed by atoms with van der Waals surface area (Å²) in [6.07, 6.45) is 0. The largest absolute Gasteiger partial charge is 0.488 e. The van der Waals surface area contributed by atoms with Gasteiger partial charge in [-0.3, -0.25) is 0 Å². The maximum Gasteiger partial charge on any atom is 0.488 e. The fourth-order valence-corrected chi connectivity index (χ4v) is 7.89. The van der Waals surface area contributed by atoms with Gasteiger partial charge in [-0.25, -0.2) is 19.9 Å². The van der Waals surface area contributed by atoms with Crippen molar-refractivity contribution in [1.29, 1.82) is 0 Å². The molecule has 10 aromatic rings. The van der Waals surface area contributed by atoms with Crippen molar-refractivity contribution in [2.75, 3.05) is 0 Å². The molecule has 10 rings (SSSR count). The van der Waals surface area contributed by atoms with E-state index in [4.69, 9.17) is 36.6 Å². The molecule has 2 aromatic heterocycles. The highest BCUT2D eigenvalue weighted by Gasteiger charge is 2.16. The summed E-state index contributed by atoms with van der Waals surface area (Å²) in [6, 6.07) is 71.5. The first-order valence-corrected chi connectivity index (χ1v) is 22.7. The van der Waals surface area contributed by atoms with Gasteiger partial charge in [0, 0.05) is 36.8 Å². The molecule has 0 saturated carbocycles. The van der Waals surface area contributed by atoms with Gasteiger partial charge in [-0.1, -0.05) is 226 Å².